The number of rotatable bonds is 17. The van der Waals surface area contributed by atoms with Gasteiger partial charge in [-0.25, -0.2) is 0 Å². The van der Waals surface area contributed by atoms with Gasteiger partial charge in [-0.2, -0.15) is 0 Å². The summed E-state index contributed by atoms with van der Waals surface area (Å²) >= 11 is 0. The number of amides is 5. The Hall–Kier alpha value is -4.32. The van der Waals surface area contributed by atoms with Gasteiger partial charge < -0.3 is 58.4 Å². The van der Waals surface area contributed by atoms with Crippen LogP contribution in [-0.2, 0) is 33.6 Å². The van der Waals surface area contributed by atoms with Crippen molar-refractivity contribution >= 4 is 47.8 Å². The van der Waals surface area contributed by atoms with Gasteiger partial charge in [-0.15, -0.1) is 0 Å². The minimum atomic E-state index is -1.67. The molecule has 0 bridgehead atoms. The topological polar surface area (TPSA) is 302 Å². The molecule has 0 spiro atoms. The summed E-state index contributed by atoms with van der Waals surface area (Å²) < 4.78 is 0. The van der Waals surface area contributed by atoms with Gasteiger partial charge in [0, 0.05) is 13.1 Å². The fourth-order valence-corrected chi connectivity index (χ4v) is 3.81. The van der Waals surface area contributed by atoms with Crippen molar-refractivity contribution in [3.05, 3.63) is 0 Å². The molecule has 0 aliphatic carbocycles. The molecule has 1 heterocycles. The van der Waals surface area contributed by atoms with Crippen molar-refractivity contribution in [1.29, 1.82) is 0 Å². The first-order valence-corrected chi connectivity index (χ1v) is 12.4. The van der Waals surface area contributed by atoms with Crippen LogP contribution in [0.3, 0.4) is 0 Å². The van der Waals surface area contributed by atoms with E-state index in [1.165, 1.54) is 4.90 Å². The number of nitrogens with one attached hydrogen (secondary N) is 4. The van der Waals surface area contributed by atoms with Gasteiger partial charge in [-0.1, -0.05) is 0 Å². The Balaban J connectivity index is 2.79. The number of nitrogens with two attached hydrogens (primary N) is 3. The molecular weight excluding hydrogens is 534 g/mol. The molecule has 0 saturated carbocycles. The minimum Gasteiger partial charge on any atom is -0.481 e. The average Bonchev–Trinajstić information content (AvgIpc) is 3.39. The lowest BCUT2D eigenvalue weighted by Gasteiger charge is -2.27. The molecule has 40 heavy (non-hydrogen) atoms. The van der Waals surface area contributed by atoms with Crippen molar-refractivity contribution in [2.75, 3.05) is 32.8 Å². The molecule has 1 fully saturated rings. The highest BCUT2D eigenvalue weighted by molar-refractivity contribution is 5.96. The number of carbonyl (C=O) groups is 7. The third kappa shape index (κ3) is 11.6. The quantitative estimate of drug-likeness (QED) is 0.0341. The number of nitrogens with zero attached hydrogens (tertiary/aromatic N) is 2. The highest BCUT2D eigenvalue weighted by atomic mass is 16.4. The first-order valence-electron chi connectivity index (χ1n) is 12.4. The number of aliphatic carboxylic acids is 1. The summed E-state index contributed by atoms with van der Waals surface area (Å²) in [6, 6.07) is -4.95. The summed E-state index contributed by atoms with van der Waals surface area (Å²) in [4.78, 5) is 89.6. The van der Waals surface area contributed by atoms with Gasteiger partial charge in [0.15, 0.2) is 5.96 Å². The van der Waals surface area contributed by atoms with Gasteiger partial charge in [0.05, 0.1) is 32.2 Å². The largest absolute Gasteiger partial charge is 0.481 e. The van der Waals surface area contributed by atoms with Crippen LogP contribution >= 0.6 is 0 Å². The van der Waals surface area contributed by atoms with Gasteiger partial charge in [0.25, 0.3) is 0 Å². The van der Waals surface area contributed by atoms with Gasteiger partial charge in [-0.3, -0.25) is 33.8 Å². The second kappa shape index (κ2) is 17.3. The number of likely N-dealkylation sites (tertiary alicyclic amines) is 1. The van der Waals surface area contributed by atoms with E-state index in [2.05, 4.69) is 26.3 Å². The Morgan fingerprint density at radius 1 is 1.00 bits per heavy atom. The summed E-state index contributed by atoms with van der Waals surface area (Å²) in [6.07, 6.45) is 1.08. The van der Waals surface area contributed by atoms with Crippen molar-refractivity contribution in [2.24, 2.45) is 22.2 Å². The van der Waals surface area contributed by atoms with E-state index in [-0.39, 0.29) is 25.5 Å². The number of hydrogen-bond donors (Lipinski definition) is 9. The Bertz CT molecular complexity index is 971. The van der Waals surface area contributed by atoms with Crippen molar-refractivity contribution in [3.8, 4) is 0 Å². The number of carbonyl (C=O) groups excluding carboxylic acids is 6. The molecular formula is C22H37N9O9. The number of carboxylic acids is 1. The zero-order valence-electron chi connectivity index (χ0n) is 21.8. The number of hydrogen-bond acceptors (Lipinski definition) is 10. The van der Waals surface area contributed by atoms with Crippen LogP contribution in [0.1, 0.15) is 32.1 Å². The molecule has 5 amide bonds. The second-order valence-corrected chi connectivity index (χ2v) is 8.83. The molecule has 0 aromatic heterocycles. The lowest BCUT2D eigenvalue weighted by Crippen LogP contribution is -2.57. The van der Waals surface area contributed by atoms with Crippen LogP contribution < -0.4 is 38.5 Å². The smallest absolute Gasteiger partial charge is 0.305 e. The summed E-state index contributed by atoms with van der Waals surface area (Å²) in [5.74, 6) is -5.77. The summed E-state index contributed by atoms with van der Waals surface area (Å²) in [6.45, 7) is -1.51. The number of aliphatic hydroxyl groups is 1. The first kappa shape index (κ1) is 33.7. The highest BCUT2D eigenvalue weighted by Gasteiger charge is 2.35. The van der Waals surface area contributed by atoms with Crippen LogP contribution in [0.15, 0.2) is 4.99 Å². The molecule has 0 aromatic rings. The van der Waals surface area contributed by atoms with E-state index in [9.17, 15) is 43.8 Å². The molecule has 1 aliphatic heterocycles. The van der Waals surface area contributed by atoms with E-state index >= 15 is 0 Å². The molecule has 1 rings (SSSR count). The highest BCUT2D eigenvalue weighted by Crippen LogP contribution is 2.16. The maximum absolute atomic E-state index is 12.7. The van der Waals surface area contributed by atoms with Gasteiger partial charge in [-0.05, 0) is 25.7 Å². The lowest BCUT2D eigenvalue weighted by molar-refractivity contribution is -0.142. The normalized spacial score (nSPS) is 16.6. The van der Waals surface area contributed by atoms with Crippen molar-refractivity contribution in [1.82, 2.24) is 26.2 Å². The molecule has 12 N–H and O–H groups in total. The number of guanidine groups is 1. The van der Waals surface area contributed by atoms with Crippen LogP contribution in [0, 0.1) is 0 Å². The van der Waals surface area contributed by atoms with Crippen LogP contribution in [-0.4, -0.2) is 120 Å². The van der Waals surface area contributed by atoms with Gasteiger partial charge in [0.1, 0.15) is 24.4 Å². The monoisotopic (exact) mass is 571 g/mol. The van der Waals surface area contributed by atoms with Crippen molar-refractivity contribution < 1.29 is 43.8 Å². The zero-order valence-corrected chi connectivity index (χ0v) is 21.8. The molecule has 0 aromatic carbocycles. The molecule has 4 atom stereocenters. The number of aliphatic hydroxyl groups excluding tert-OH is 1. The predicted octanol–water partition coefficient (Wildman–Crippen LogP) is -5.77. The number of aldehydes is 1. The van der Waals surface area contributed by atoms with E-state index in [1.54, 1.807) is 0 Å². The predicted molar refractivity (Wildman–Crippen MR) is 138 cm³/mol. The Kier molecular flexibility index (Phi) is 14.6. The minimum absolute atomic E-state index is 0.0958. The third-order valence-corrected chi connectivity index (χ3v) is 5.77. The molecule has 0 radical (unpaired) electrons. The number of carboxylic acid groups (broad SMARTS) is 1. The van der Waals surface area contributed by atoms with E-state index in [0.717, 1.165) is 0 Å². The zero-order chi connectivity index (χ0) is 30.2. The third-order valence-electron chi connectivity index (χ3n) is 5.77. The van der Waals surface area contributed by atoms with Crippen molar-refractivity contribution in [3.63, 3.8) is 0 Å². The molecule has 0 unspecified atom stereocenters. The lowest BCUT2D eigenvalue weighted by atomic mass is 10.1. The summed E-state index contributed by atoms with van der Waals surface area (Å²) in [7, 11) is 0. The summed E-state index contributed by atoms with van der Waals surface area (Å²) in [5, 5.41) is 27.8. The van der Waals surface area contributed by atoms with Gasteiger partial charge in [0.2, 0.25) is 29.5 Å². The second-order valence-electron chi connectivity index (χ2n) is 8.83. The van der Waals surface area contributed by atoms with Crippen molar-refractivity contribution in [2.45, 2.75) is 56.3 Å². The van der Waals surface area contributed by atoms with Gasteiger partial charge >= 0.3 is 5.97 Å². The fourth-order valence-electron chi connectivity index (χ4n) is 3.81. The maximum Gasteiger partial charge on any atom is 0.305 e. The SMILES string of the molecule is NCC(=O)N[C@@H](CCCN=C(N)N)C(=O)NCC(=O)N[C@@H](CC(=O)O)C(=O)N[C@@H](CO)C(=O)N1CCC[C@H]1C=O. The average molecular weight is 572 g/mol. The molecule has 224 valence electrons. The molecule has 18 heteroatoms. The van der Waals surface area contributed by atoms with E-state index < -0.39 is 85.8 Å². The first-order chi connectivity index (χ1) is 18.9. The standard InChI is InChI=1S/C22H37N9O9/c23-8-16(34)28-13(4-1-5-26-22(24)25)19(38)27-9-17(35)29-14(7-18(36)37)20(39)30-15(11-33)21(40)31-6-2-3-12(31)10-32/h10,12-15,33H,1-9,11,23H2,(H,27,38)(H,28,34)(H,29,35)(H,30,39)(H,36,37)(H4,24,25,26)/t12-,13-,14-,15-/m0/s1. The molecule has 1 saturated heterocycles. The number of aliphatic imine (C=N–C) groups is 1. The molecule has 18 nitrogen and oxygen atoms in total. The molecule has 1 aliphatic rings. The summed E-state index contributed by atoms with van der Waals surface area (Å²) in [5.41, 5.74) is 15.8. The Morgan fingerprint density at radius 3 is 2.25 bits per heavy atom. The van der Waals surface area contributed by atoms with Crippen LogP contribution in [0.4, 0.5) is 0 Å². The van der Waals surface area contributed by atoms with Crippen LogP contribution in [0.5, 0.6) is 0 Å². The van der Waals surface area contributed by atoms with Crippen LogP contribution in [0.25, 0.3) is 0 Å². The van der Waals surface area contributed by atoms with E-state index in [0.29, 0.717) is 25.5 Å². The maximum atomic E-state index is 12.7. The Morgan fingerprint density at radius 2 is 1.68 bits per heavy atom. The Labute approximate surface area is 229 Å². The van der Waals surface area contributed by atoms with E-state index in [1.807, 2.05) is 0 Å². The fraction of sp³-hybridized carbons (Fsp3) is 0.636. The van der Waals surface area contributed by atoms with Crippen LogP contribution in [0.2, 0.25) is 0 Å². The van der Waals surface area contributed by atoms with E-state index in [4.69, 9.17) is 17.2 Å².